The van der Waals surface area contributed by atoms with Crippen molar-refractivity contribution in [3.05, 3.63) is 17.9 Å². The molecule has 1 unspecified atom stereocenters. The molecule has 0 nitrogen and oxygen atoms in total. The van der Waals surface area contributed by atoms with E-state index in [9.17, 15) is 0 Å². The van der Waals surface area contributed by atoms with Crippen LogP contribution in [0.3, 0.4) is 0 Å². The molecule has 4 rings (SSSR count). The highest BCUT2D eigenvalue weighted by Crippen LogP contribution is 2.67. The summed E-state index contributed by atoms with van der Waals surface area (Å²) in [6, 6.07) is 0. The van der Waals surface area contributed by atoms with Crippen molar-refractivity contribution < 1.29 is 0 Å². The van der Waals surface area contributed by atoms with Gasteiger partial charge in [0.15, 0.2) is 0 Å². The molecule has 0 spiro atoms. The lowest BCUT2D eigenvalue weighted by atomic mass is 9.45. The zero-order valence-corrected chi connectivity index (χ0v) is 16.3. The maximum Gasteiger partial charge on any atom is -0.0101 e. The normalized spacial score (nSPS) is 50.2. The van der Waals surface area contributed by atoms with Crippen LogP contribution in [0.1, 0.15) is 91.4 Å². The average molecular weight is 327 g/mol. The van der Waals surface area contributed by atoms with Gasteiger partial charge in [-0.15, -0.1) is 5.73 Å². The molecule has 4 aliphatic carbocycles. The number of rotatable bonds is 2. The van der Waals surface area contributed by atoms with Gasteiger partial charge < -0.3 is 0 Å². The van der Waals surface area contributed by atoms with Crippen LogP contribution in [0.4, 0.5) is 0 Å². The second-order valence-electron chi connectivity index (χ2n) is 10.1. The molecular formula is C24H38. The Hall–Kier alpha value is -0.480. The standard InChI is InChI=1S/C24H38/c1-4-5-6-9-19-12-14-21-20-13-11-18-10-7-8-16-23(18,2)22(20)15-17-24(19,21)3/h5,9,18-22H,4,7-8,10-17H2,1-3H3/t6?,18?,19-,20-,21-,22-,23-,24+/m0/s1. The minimum Gasteiger partial charge on any atom is -0.129 e. The summed E-state index contributed by atoms with van der Waals surface area (Å²) in [5, 5.41) is 0. The van der Waals surface area contributed by atoms with Crippen LogP contribution in [-0.2, 0) is 0 Å². The first-order chi connectivity index (χ1) is 11.6. The molecule has 0 aromatic carbocycles. The molecule has 4 aliphatic rings. The predicted octanol–water partition coefficient (Wildman–Crippen LogP) is 7.16. The second kappa shape index (κ2) is 6.35. The van der Waals surface area contributed by atoms with E-state index in [1.807, 2.05) is 0 Å². The van der Waals surface area contributed by atoms with Crippen molar-refractivity contribution >= 4 is 0 Å². The third-order valence-electron chi connectivity index (χ3n) is 9.28. The summed E-state index contributed by atoms with van der Waals surface area (Å²) in [6.07, 6.45) is 20.9. The van der Waals surface area contributed by atoms with Gasteiger partial charge in [0.25, 0.3) is 0 Å². The monoisotopic (exact) mass is 326 g/mol. The van der Waals surface area contributed by atoms with Crippen molar-refractivity contribution in [3.8, 4) is 0 Å². The maximum absolute atomic E-state index is 3.51. The van der Waals surface area contributed by atoms with Gasteiger partial charge in [0.05, 0.1) is 0 Å². The molecule has 0 radical (unpaired) electrons. The SMILES string of the molecule is CCC=C=C[C@H]1CC[C@H]2[C@@H]3CCC4CCCC[C@]4(C)[C@H]3CC[C@]12C. The summed E-state index contributed by atoms with van der Waals surface area (Å²) < 4.78 is 0. The summed E-state index contributed by atoms with van der Waals surface area (Å²) in [5.74, 6) is 4.94. The van der Waals surface area contributed by atoms with Crippen molar-refractivity contribution in [3.63, 3.8) is 0 Å². The van der Waals surface area contributed by atoms with Crippen LogP contribution in [-0.4, -0.2) is 0 Å². The molecule has 0 saturated heterocycles. The van der Waals surface area contributed by atoms with E-state index in [4.69, 9.17) is 0 Å². The summed E-state index contributed by atoms with van der Waals surface area (Å²) >= 11 is 0. The van der Waals surface area contributed by atoms with E-state index in [1.54, 1.807) is 12.8 Å². The van der Waals surface area contributed by atoms with E-state index in [-0.39, 0.29) is 0 Å². The van der Waals surface area contributed by atoms with Gasteiger partial charge >= 0.3 is 0 Å². The summed E-state index contributed by atoms with van der Waals surface area (Å²) in [6.45, 7) is 7.56. The minimum atomic E-state index is 0.577. The van der Waals surface area contributed by atoms with Crippen LogP contribution in [0, 0.1) is 40.4 Å². The second-order valence-corrected chi connectivity index (χ2v) is 10.1. The van der Waals surface area contributed by atoms with E-state index < -0.39 is 0 Å². The summed E-state index contributed by atoms with van der Waals surface area (Å²) in [7, 11) is 0. The molecule has 7 atom stereocenters. The molecule has 134 valence electrons. The van der Waals surface area contributed by atoms with Crippen LogP contribution in [0.2, 0.25) is 0 Å². The van der Waals surface area contributed by atoms with Gasteiger partial charge in [-0.2, -0.15) is 0 Å². The lowest BCUT2D eigenvalue weighted by Gasteiger charge is -2.60. The smallest absolute Gasteiger partial charge is 0.0101 e. The van der Waals surface area contributed by atoms with Gasteiger partial charge in [-0.05, 0) is 110 Å². The molecule has 0 aromatic rings. The highest BCUT2D eigenvalue weighted by Gasteiger charge is 2.59. The topological polar surface area (TPSA) is 0 Å². The Morgan fingerprint density at radius 2 is 1.71 bits per heavy atom. The largest absolute Gasteiger partial charge is 0.129 e. The molecule has 0 N–H and O–H groups in total. The van der Waals surface area contributed by atoms with E-state index in [1.165, 1.54) is 51.4 Å². The molecule has 0 heteroatoms. The number of allylic oxidation sites excluding steroid dienone is 1. The molecule has 0 aromatic heterocycles. The molecular weight excluding hydrogens is 288 g/mol. The lowest BCUT2D eigenvalue weighted by molar-refractivity contribution is -0.107. The van der Waals surface area contributed by atoms with Gasteiger partial charge in [0.1, 0.15) is 0 Å². The maximum atomic E-state index is 3.51. The Kier molecular flexibility index (Phi) is 4.49. The number of hydrogen-bond acceptors (Lipinski definition) is 0. The average Bonchev–Trinajstić information content (AvgIpc) is 2.91. The van der Waals surface area contributed by atoms with Crippen molar-refractivity contribution in [2.75, 3.05) is 0 Å². The Morgan fingerprint density at radius 3 is 2.54 bits per heavy atom. The molecule has 0 amide bonds. The highest BCUT2D eigenvalue weighted by atomic mass is 14.6. The van der Waals surface area contributed by atoms with Crippen LogP contribution in [0.25, 0.3) is 0 Å². The summed E-state index contributed by atoms with van der Waals surface area (Å²) in [4.78, 5) is 0. The summed E-state index contributed by atoms with van der Waals surface area (Å²) in [5.41, 5.74) is 4.78. The Bertz CT molecular complexity index is 524. The van der Waals surface area contributed by atoms with E-state index in [2.05, 4.69) is 38.7 Å². The Balaban J connectivity index is 1.58. The third kappa shape index (κ3) is 2.47. The van der Waals surface area contributed by atoms with Crippen LogP contribution in [0.15, 0.2) is 17.9 Å². The van der Waals surface area contributed by atoms with Crippen molar-refractivity contribution in [2.24, 2.45) is 40.4 Å². The molecule has 4 fully saturated rings. The molecule has 0 heterocycles. The minimum absolute atomic E-state index is 0.577. The lowest BCUT2D eigenvalue weighted by Crippen LogP contribution is -2.52. The highest BCUT2D eigenvalue weighted by molar-refractivity contribution is 5.12. The molecule has 24 heavy (non-hydrogen) atoms. The van der Waals surface area contributed by atoms with Gasteiger partial charge in [0.2, 0.25) is 0 Å². The number of hydrogen-bond donors (Lipinski definition) is 0. The molecule has 0 bridgehead atoms. The zero-order chi connectivity index (χ0) is 16.8. The fourth-order valence-corrected chi connectivity index (χ4v) is 7.91. The Morgan fingerprint density at radius 1 is 0.875 bits per heavy atom. The van der Waals surface area contributed by atoms with Gasteiger partial charge in [0, 0.05) is 0 Å². The van der Waals surface area contributed by atoms with Crippen LogP contribution < -0.4 is 0 Å². The molecule has 0 aliphatic heterocycles. The fraction of sp³-hybridized carbons (Fsp3) is 0.875. The number of fused-ring (bicyclic) bond motifs is 5. The fourth-order valence-electron chi connectivity index (χ4n) is 7.91. The van der Waals surface area contributed by atoms with Crippen molar-refractivity contribution in [1.82, 2.24) is 0 Å². The van der Waals surface area contributed by atoms with E-state index >= 15 is 0 Å². The zero-order valence-electron chi connectivity index (χ0n) is 16.3. The van der Waals surface area contributed by atoms with Crippen molar-refractivity contribution in [1.29, 1.82) is 0 Å². The van der Waals surface area contributed by atoms with Gasteiger partial charge in [-0.1, -0.05) is 33.6 Å². The van der Waals surface area contributed by atoms with Gasteiger partial charge in [-0.3, -0.25) is 0 Å². The molecule has 4 saturated carbocycles. The third-order valence-corrected chi connectivity index (χ3v) is 9.28. The van der Waals surface area contributed by atoms with Crippen molar-refractivity contribution in [2.45, 2.75) is 91.4 Å². The van der Waals surface area contributed by atoms with E-state index in [0.29, 0.717) is 10.8 Å². The van der Waals surface area contributed by atoms with Crippen LogP contribution in [0.5, 0.6) is 0 Å². The van der Waals surface area contributed by atoms with Gasteiger partial charge in [-0.25, -0.2) is 0 Å². The van der Waals surface area contributed by atoms with E-state index in [0.717, 1.165) is 36.0 Å². The first kappa shape index (κ1) is 17.0. The first-order valence-electron chi connectivity index (χ1n) is 11.0. The quantitative estimate of drug-likeness (QED) is 0.472. The first-order valence-corrected chi connectivity index (χ1v) is 11.0. The van der Waals surface area contributed by atoms with Crippen LogP contribution >= 0.6 is 0 Å². The Labute approximate surface area is 150 Å². The predicted molar refractivity (Wildman–Crippen MR) is 103 cm³/mol.